The molecule has 3 aromatic rings. The molecule has 1 aromatic heterocycles. The highest BCUT2D eigenvalue weighted by molar-refractivity contribution is 5.78. The van der Waals surface area contributed by atoms with Crippen molar-refractivity contribution in [1.29, 1.82) is 0 Å². The van der Waals surface area contributed by atoms with Gasteiger partial charge in [0.2, 0.25) is 0 Å². The summed E-state index contributed by atoms with van der Waals surface area (Å²) in [5.74, 6) is -0.295. The number of H-pyrrole nitrogens is 1. The first-order valence-corrected chi connectivity index (χ1v) is 11.2. The standard InChI is InChI=1S/C26H31N3O2/c1-3-5-9-18-14-19(17-21(30)4-2)16-20(15-18)26(31)13-7-6-11-23(26)22-10-8-12-24-25(22)28-29-27-24/h6-8,10-16,21,23,30-31H,3-5,9,17H2,1-2H3,(H,27,28,29). The van der Waals surface area contributed by atoms with Gasteiger partial charge in [0.25, 0.3) is 0 Å². The van der Waals surface area contributed by atoms with Crippen LogP contribution in [0, 0.1) is 0 Å². The zero-order valence-electron chi connectivity index (χ0n) is 18.3. The monoisotopic (exact) mass is 417 g/mol. The van der Waals surface area contributed by atoms with Crippen molar-refractivity contribution < 1.29 is 10.2 Å². The lowest BCUT2D eigenvalue weighted by Gasteiger charge is -2.35. The molecule has 0 saturated carbocycles. The zero-order chi connectivity index (χ0) is 21.8. The Morgan fingerprint density at radius 1 is 1.10 bits per heavy atom. The Morgan fingerprint density at radius 2 is 1.94 bits per heavy atom. The van der Waals surface area contributed by atoms with Crippen LogP contribution < -0.4 is 0 Å². The van der Waals surface area contributed by atoms with Gasteiger partial charge in [-0.3, -0.25) is 0 Å². The van der Waals surface area contributed by atoms with E-state index in [0.29, 0.717) is 12.8 Å². The molecule has 0 bridgehead atoms. The average Bonchev–Trinajstić information content (AvgIpc) is 3.27. The second kappa shape index (κ2) is 9.16. The SMILES string of the molecule is CCCCc1cc(CC(O)CC)cc(C2(O)C=CC=CC2c2cccc3n[nH]nc23)c1. The number of para-hydroxylation sites is 1. The fourth-order valence-corrected chi connectivity index (χ4v) is 4.44. The number of aliphatic hydroxyl groups excluding tert-OH is 1. The summed E-state index contributed by atoms with van der Waals surface area (Å²) in [6, 6.07) is 12.2. The molecule has 0 saturated heterocycles. The molecular formula is C26H31N3O2. The van der Waals surface area contributed by atoms with Gasteiger partial charge in [0.1, 0.15) is 16.6 Å². The first-order chi connectivity index (χ1) is 15.0. The van der Waals surface area contributed by atoms with E-state index in [1.165, 1.54) is 5.56 Å². The first-order valence-electron chi connectivity index (χ1n) is 11.2. The molecule has 0 radical (unpaired) electrons. The van der Waals surface area contributed by atoms with E-state index in [-0.39, 0.29) is 12.0 Å². The van der Waals surface area contributed by atoms with Crippen molar-refractivity contribution in [1.82, 2.24) is 15.4 Å². The van der Waals surface area contributed by atoms with E-state index in [9.17, 15) is 10.2 Å². The van der Waals surface area contributed by atoms with Gasteiger partial charge in [0.05, 0.1) is 6.10 Å². The summed E-state index contributed by atoms with van der Waals surface area (Å²) in [5, 5.41) is 33.6. The predicted molar refractivity (Wildman–Crippen MR) is 124 cm³/mol. The highest BCUT2D eigenvalue weighted by Crippen LogP contribution is 2.43. The third-order valence-corrected chi connectivity index (χ3v) is 6.23. The Balaban J connectivity index is 1.81. The number of nitrogens with one attached hydrogen (secondary N) is 1. The van der Waals surface area contributed by atoms with Crippen molar-refractivity contribution in [2.45, 2.75) is 63.6 Å². The molecule has 162 valence electrons. The van der Waals surface area contributed by atoms with Crippen molar-refractivity contribution in [3.8, 4) is 0 Å². The molecule has 5 nitrogen and oxygen atoms in total. The van der Waals surface area contributed by atoms with Gasteiger partial charge in [0, 0.05) is 5.92 Å². The number of nitrogens with zero attached hydrogens (tertiary/aromatic N) is 2. The molecule has 0 spiro atoms. The number of benzene rings is 2. The van der Waals surface area contributed by atoms with Crippen LogP contribution >= 0.6 is 0 Å². The van der Waals surface area contributed by atoms with E-state index < -0.39 is 5.60 Å². The van der Waals surface area contributed by atoms with Crippen LogP contribution in [0.15, 0.2) is 60.7 Å². The minimum absolute atomic E-state index is 0.295. The Hall–Kier alpha value is -2.76. The van der Waals surface area contributed by atoms with E-state index in [4.69, 9.17) is 0 Å². The van der Waals surface area contributed by atoms with Crippen LogP contribution in [-0.2, 0) is 18.4 Å². The van der Waals surface area contributed by atoms with Gasteiger partial charge in [-0.2, -0.15) is 15.4 Å². The minimum Gasteiger partial charge on any atom is -0.393 e. The summed E-state index contributed by atoms with van der Waals surface area (Å²) >= 11 is 0. The number of allylic oxidation sites excluding steroid dienone is 2. The summed E-state index contributed by atoms with van der Waals surface area (Å²) in [5.41, 5.74) is 4.39. The lowest BCUT2D eigenvalue weighted by molar-refractivity contribution is 0.0722. The maximum absolute atomic E-state index is 12.1. The Kier molecular flexibility index (Phi) is 6.35. The number of hydrogen-bond acceptors (Lipinski definition) is 4. The summed E-state index contributed by atoms with van der Waals surface area (Å²) in [7, 11) is 0. The molecule has 1 heterocycles. The normalized spacial score (nSPS) is 21.6. The number of aromatic nitrogens is 3. The van der Waals surface area contributed by atoms with Crippen LogP contribution in [0.5, 0.6) is 0 Å². The Labute approximate surface area is 183 Å². The summed E-state index contributed by atoms with van der Waals surface area (Å²) < 4.78 is 0. The molecular weight excluding hydrogens is 386 g/mol. The quantitative estimate of drug-likeness (QED) is 0.496. The van der Waals surface area contributed by atoms with Crippen LogP contribution in [0.4, 0.5) is 0 Å². The number of aryl methyl sites for hydroxylation is 1. The molecule has 1 aliphatic carbocycles. The van der Waals surface area contributed by atoms with E-state index in [2.05, 4.69) is 34.5 Å². The third-order valence-electron chi connectivity index (χ3n) is 6.23. The molecule has 5 heteroatoms. The zero-order valence-corrected chi connectivity index (χ0v) is 18.3. The first kappa shape index (κ1) is 21.5. The molecule has 3 N–H and O–H groups in total. The number of rotatable bonds is 8. The van der Waals surface area contributed by atoms with Crippen molar-refractivity contribution in [3.05, 3.63) is 83.0 Å². The van der Waals surface area contributed by atoms with Crippen LogP contribution in [-0.4, -0.2) is 31.7 Å². The highest BCUT2D eigenvalue weighted by atomic mass is 16.3. The summed E-state index contributed by atoms with van der Waals surface area (Å²) in [6.07, 6.45) is 11.8. The molecule has 31 heavy (non-hydrogen) atoms. The van der Waals surface area contributed by atoms with Crippen molar-refractivity contribution in [2.75, 3.05) is 0 Å². The topological polar surface area (TPSA) is 82.0 Å². The largest absolute Gasteiger partial charge is 0.393 e. The highest BCUT2D eigenvalue weighted by Gasteiger charge is 2.38. The van der Waals surface area contributed by atoms with Crippen molar-refractivity contribution in [2.24, 2.45) is 0 Å². The van der Waals surface area contributed by atoms with Gasteiger partial charge in [-0.15, -0.1) is 0 Å². The second-order valence-corrected chi connectivity index (χ2v) is 8.49. The molecule has 1 aliphatic rings. The maximum atomic E-state index is 12.1. The fourth-order valence-electron chi connectivity index (χ4n) is 4.44. The molecule has 0 amide bonds. The Morgan fingerprint density at radius 3 is 2.74 bits per heavy atom. The molecule has 2 aromatic carbocycles. The minimum atomic E-state index is -1.21. The smallest absolute Gasteiger partial charge is 0.118 e. The van der Waals surface area contributed by atoms with Crippen molar-refractivity contribution >= 4 is 11.0 Å². The van der Waals surface area contributed by atoms with Gasteiger partial charge >= 0.3 is 0 Å². The van der Waals surface area contributed by atoms with Gasteiger partial charge < -0.3 is 10.2 Å². The second-order valence-electron chi connectivity index (χ2n) is 8.49. The number of aliphatic hydroxyl groups is 2. The van der Waals surface area contributed by atoms with Gasteiger partial charge in [-0.1, -0.05) is 68.8 Å². The van der Waals surface area contributed by atoms with Crippen LogP contribution in [0.25, 0.3) is 11.0 Å². The van der Waals surface area contributed by atoms with E-state index in [1.54, 1.807) is 0 Å². The number of hydrogen-bond donors (Lipinski definition) is 3. The fraction of sp³-hybridized carbons (Fsp3) is 0.385. The molecule has 3 atom stereocenters. The predicted octanol–water partition coefficient (Wildman–Crippen LogP) is 4.71. The van der Waals surface area contributed by atoms with Gasteiger partial charge in [-0.05, 0) is 60.1 Å². The van der Waals surface area contributed by atoms with Crippen LogP contribution in [0.3, 0.4) is 0 Å². The third kappa shape index (κ3) is 4.34. The van der Waals surface area contributed by atoms with Crippen LogP contribution in [0.2, 0.25) is 0 Å². The van der Waals surface area contributed by atoms with Crippen molar-refractivity contribution in [3.63, 3.8) is 0 Å². The van der Waals surface area contributed by atoms with Gasteiger partial charge in [-0.25, -0.2) is 0 Å². The molecule has 0 fully saturated rings. The van der Waals surface area contributed by atoms with Gasteiger partial charge in [0.15, 0.2) is 0 Å². The lowest BCUT2D eigenvalue weighted by Crippen LogP contribution is -2.32. The lowest BCUT2D eigenvalue weighted by atomic mass is 9.73. The summed E-state index contributed by atoms with van der Waals surface area (Å²) in [6.45, 7) is 4.17. The average molecular weight is 418 g/mol. The van der Waals surface area contributed by atoms with E-state index in [1.807, 2.05) is 55.5 Å². The van der Waals surface area contributed by atoms with E-state index in [0.717, 1.165) is 47.0 Å². The van der Waals surface area contributed by atoms with Crippen LogP contribution in [0.1, 0.15) is 61.3 Å². The summed E-state index contributed by atoms with van der Waals surface area (Å²) in [4.78, 5) is 0. The Bertz CT molecular complexity index is 1100. The van der Waals surface area contributed by atoms with E-state index >= 15 is 0 Å². The molecule has 3 unspecified atom stereocenters. The number of unbranched alkanes of at least 4 members (excludes halogenated alkanes) is 1. The number of fused-ring (bicyclic) bond motifs is 1. The number of aromatic amines is 1. The molecule has 0 aliphatic heterocycles. The maximum Gasteiger partial charge on any atom is 0.118 e. The molecule has 4 rings (SSSR count).